The average Bonchev–Trinajstić information content (AvgIpc) is 2.76. The lowest BCUT2D eigenvalue weighted by atomic mass is 9.90. The molecule has 3 atom stereocenters. The number of aromatic hydroxyl groups is 1. The summed E-state index contributed by atoms with van der Waals surface area (Å²) >= 11 is 0. The topological polar surface area (TPSA) is 134 Å². The minimum atomic E-state index is -5.20. The highest BCUT2D eigenvalue weighted by Gasteiger charge is 2.35. The zero-order chi connectivity index (χ0) is 27.3. The summed E-state index contributed by atoms with van der Waals surface area (Å²) in [5.41, 5.74) is 5.95. The van der Waals surface area contributed by atoms with Crippen LogP contribution in [0.5, 0.6) is 11.5 Å². The highest BCUT2D eigenvalue weighted by atomic mass is 31.3. The van der Waals surface area contributed by atoms with Gasteiger partial charge in [-0.1, -0.05) is 39.8 Å². The number of phosphoric acid groups is 2. The quantitative estimate of drug-likeness (QED) is 0.154. The maximum absolute atomic E-state index is 12.1. The third-order valence-electron chi connectivity index (χ3n) is 6.81. The molecule has 0 aliphatic heterocycles. The van der Waals surface area contributed by atoms with Crippen molar-refractivity contribution in [3.05, 3.63) is 57.6 Å². The van der Waals surface area contributed by atoms with Crippen molar-refractivity contribution in [2.45, 2.75) is 91.9 Å². The largest absolute Gasteiger partial charge is 0.536 e. The minimum Gasteiger partial charge on any atom is -0.508 e. The van der Waals surface area contributed by atoms with E-state index in [0.717, 1.165) is 60.8 Å². The zero-order valence-electron chi connectivity index (χ0n) is 22.0. The maximum atomic E-state index is 12.1. The molecule has 3 unspecified atom stereocenters. The molecule has 0 fully saturated rings. The number of hydrogen-bond acceptors (Lipinski definition) is 5. The Morgan fingerprint density at radius 1 is 0.806 bits per heavy atom. The van der Waals surface area contributed by atoms with Crippen LogP contribution < -0.4 is 4.52 Å². The van der Waals surface area contributed by atoms with E-state index in [4.69, 9.17) is 14.3 Å². The van der Waals surface area contributed by atoms with Crippen molar-refractivity contribution in [2.75, 3.05) is 0 Å². The van der Waals surface area contributed by atoms with Crippen molar-refractivity contribution in [1.29, 1.82) is 0 Å². The van der Waals surface area contributed by atoms with Gasteiger partial charge in [0.15, 0.2) is 0 Å². The highest BCUT2D eigenvalue weighted by Crippen LogP contribution is 2.58. The smallest absolute Gasteiger partial charge is 0.508 e. The van der Waals surface area contributed by atoms with E-state index in [1.54, 1.807) is 6.07 Å². The molecule has 8 nitrogen and oxygen atoms in total. The lowest BCUT2D eigenvalue weighted by Gasteiger charge is -2.21. The van der Waals surface area contributed by atoms with Crippen LogP contribution in [0, 0.1) is 13.8 Å². The van der Waals surface area contributed by atoms with Gasteiger partial charge in [0.2, 0.25) is 0 Å². The van der Waals surface area contributed by atoms with Crippen LogP contribution in [0.25, 0.3) is 0 Å². The van der Waals surface area contributed by atoms with Crippen molar-refractivity contribution < 1.29 is 37.8 Å². The first kappa shape index (κ1) is 30.6. The fraction of sp³-hybridized carbons (Fsp3) is 0.538. The Morgan fingerprint density at radius 2 is 1.28 bits per heavy atom. The summed E-state index contributed by atoms with van der Waals surface area (Å²) in [6, 6.07) is 7.56. The molecule has 10 heteroatoms. The van der Waals surface area contributed by atoms with E-state index in [1.807, 2.05) is 39.8 Å². The Bertz CT molecular complexity index is 1140. The van der Waals surface area contributed by atoms with Crippen LogP contribution >= 0.6 is 15.6 Å². The Morgan fingerprint density at radius 3 is 1.78 bits per heavy atom. The van der Waals surface area contributed by atoms with E-state index in [-0.39, 0.29) is 11.7 Å². The average molecular weight is 543 g/mol. The second-order valence-corrected chi connectivity index (χ2v) is 12.4. The Kier molecular flexibility index (Phi) is 10.8. The number of unbranched alkanes of at least 4 members (excludes halogenated alkanes) is 1. The standard InChI is InChI=1S/C26H40O8P2/c1-7-17(3)23-15-21(19(5)13-25(23)27)11-9-10-12-22-16-24(18(4)8-2)26(14-20(22)6)33-36(31,32)34-35(28,29)30/h13-18,27H,7-12H2,1-6H3,(H,31,32)(H2,28,29,30). The molecule has 0 aliphatic carbocycles. The fourth-order valence-corrected chi connectivity index (χ4v) is 5.86. The molecule has 202 valence electrons. The molecule has 0 saturated heterocycles. The Labute approximate surface area is 214 Å². The van der Waals surface area contributed by atoms with E-state index in [9.17, 15) is 19.1 Å². The molecule has 0 amide bonds. The number of phosphoric ester groups is 1. The lowest BCUT2D eigenvalue weighted by molar-refractivity contribution is 0.229. The lowest BCUT2D eigenvalue weighted by Crippen LogP contribution is -2.04. The van der Waals surface area contributed by atoms with E-state index in [0.29, 0.717) is 17.2 Å². The molecule has 0 heterocycles. The van der Waals surface area contributed by atoms with E-state index in [2.05, 4.69) is 24.2 Å². The molecular weight excluding hydrogens is 502 g/mol. The predicted molar refractivity (Wildman–Crippen MR) is 142 cm³/mol. The first-order valence-corrected chi connectivity index (χ1v) is 15.4. The van der Waals surface area contributed by atoms with Crippen LogP contribution in [-0.4, -0.2) is 19.8 Å². The van der Waals surface area contributed by atoms with Crippen LogP contribution in [0.2, 0.25) is 0 Å². The Balaban J connectivity index is 2.17. The summed E-state index contributed by atoms with van der Waals surface area (Å²) in [5, 5.41) is 10.3. The van der Waals surface area contributed by atoms with Gasteiger partial charge in [0, 0.05) is 0 Å². The van der Waals surface area contributed by atoms with Gasteiger partial charge in [-0.25, -0.2) is 9.13 Å². The van der Waals surface area contributed by atoms with Crippen molar-refractivity contribution in [2.24, 2.45) is 0 Å². The van der Waals surface area contributed by atoms with Crippen molar-refractivity contribution in [3.63, 3.8) is 0 Å². The van der Waals surface area contributed by atoms with Gasteiger partial charge >= 0.3 is 15.6 Å². The van der Waals surface area contributed by atoms with Crippen LogP contribution in [0.3, 0.4) is 0 Å². The molecule has 4 N–H and O–H groups in total. The number of rotatable bonds is 13. The third-order valence-corrected chi connectivity index (χ3v) is 8.91. The highest BCUT2D eigenvalue weighted by molar-refractivity contribution is 7.60. The summed E-state index contributed by atoms with van der Waals surface area (Å²) in [4.78, 5) is 27.7. The van der Waals surface area contributed by atoms with Crippen LogP contribution in [0.15, 0.2) is 24.3 Å². The van der Waals surface area contributed by atoms with Gasteiger partial charge in [-0.3, -0.25) is 4.89 Å². The molecule has 2 rings (SSSR count). The molecule has 2 aromatic rings. The summed E-state index contributed by atoms with van der Waals surface area (Å²) in [6.45, 7) is 12.1. The second-order valence-electron chi connectivity index (χ2n) is 9.61. The van der Waals surface area contributed by atoms with Gasteiger partial charge in [0.25, 0.3) is 0 Å². The fourth-order valence-electron chi connectivity index (χ4n) is 4.25. The summed E-state index contributed by atoms with van der Waals surface area (Å²) < 4.78 is 32.2. The number of phenols is 1. The maximum Gasteiger partial charge on any atom is 0.536 e. The monoisotopic (exact) mass is 542 g/mol. The van der Waals surface area contributed by atoms with Crippen LogP contribution in [0.4, 0.5) is 0 Å². The van der Waals surface area contributed by atoms with Crippen LogP contribution in [0.1, 0.15) is 98.6 Å². The Hall–Kier alpha value is -1.66. The normalized spacial score (nSPS) is 15.4. The van der Waals surface area contributed by atoms with Crippen molar-refractivity contribution in [3.8, 4) is 11.5 Å². The van der Waals surface area contributed by atoms with Crippen molar-refractivity contribution in [1.82, 2.24) is 0 Å². The van der Waals surface area contributed by atoms with Gasteiger partial charge in [-0.15, -0.1) is 0 Å². The number of aryl methyl sites for hydroxylation is 4. The number of phenolic OH excluding ortho intramolecular Hbond substituents is 1. The first-order valence-electron chi connectivity index (χ1n) is 12.4. The molecule has 2 aromatic carbocycles. The molecule has 0 spiro atoms. The molecule has 0 bridgehead atoms. The van der Waals surface area contributed by atoms with Gasteiger partial charge in [0.1, 0.15) is 11.5 Å². The van der Waals surface area contributed by atoms with E-state index >= 15 is 0 Å². The summed E-state index contributed by atoms with van der Waals surface area (Å²) in [5.74, 6) is 0.739. The second kappa shape index (κ2) is 12.7. The predicted octanol–water partition coefficient (Wildman–Crippen LogP) is 7.19. The molecule has 0 aliphatic rings. The molecular formula is C26H40O8P2. The number of benzene rings is 2. The summed E-state index contributed by atoms with van der Waals surface area (Å²) in [6.07, 6.45) is 5.31. The molecule has 0 aromatic heterocycles. The molecule has 0 radical (unpaired) electrons. The molecule has 0 saturated carbocycles. The van der Waals surface area contributed by atoms with Gasteiger partial charge in [0.05, 0.1) is 0 Å². The third kappa shape index (κ3) is 8.72. The zero-order valence-corrected chi connectivity index (χ0v) is 23.8. The SMILES string of the molecule is CCC(C)c1cc(CCCCc2cc(C(C)CC)c(OP(=O)(O)OP(=O)(O)O)cc2C)c(C)cc1O. The molecule has 36 heavy (non-hydrogen) atoms. The minimum absolute atomic E-state index is 0.00645. The van der Waals surface area contributed by atoms with E-state index in [1.165, 1.54) is 5.56 Å². The van der Waals surface area contributed by atoms with Gasteiger partial charge in [-0.2, -0.15) is 4.31 Å². The summed E-state index contributed by atoms with van der Waals surface area (Å²) in [7, 11) is -10.2. The first-order chi connectivity index (χ1) is 16.7. The van der Waals surface area contributed by atoms with E-state index < -0.39 is 15.6 Å². The van der Waals surface area contributed by atoms with Crippen molar-refractivity contribution >= 4 is 15.6 Å². The van der Waals surface area contributed by atoms with Crippen LogP contribution in [-0.2, 0) is 26.3 Å². The number of hydrogen-bond donors (Lipinski definition) is 4. The van der Waals surface area contributed by atoms with Gasteiger partial charge in [-0.05, 0) is 110 Å². The van der Waals surface area contributed by atoms with Gasteiger partial charge < -0.3 is 19.4 Å².